The highest BCUT2D eigenvalue weighted by atomic mass is 32.1. The maximum atomic E-state index is 12.5. The molecule has 138 valence electrons. The van der Waals surface area contributed by atoms with Crippen molar-refractivity contribution in [3.05, 3.63) is 53.9 Å². The normalized spacial score (nSPS) is 16.9. The molecule has 0 N–H and O–H groups in total. The van der Waals surface area contributed by atoms with Gasteiger partial charge < -0.3 is 9.64 Å². The van der Waals surface area contributed by atoms with Gasteiger partial charge >= 0.3 is 5.97 Å². The zero-order valence-corrected chi connectivity index (χ0v) is 15.5. The first kappa shape index (κ1) is 17.5. The molecule has 1 saturated heterocycles. The van der Waals surface area contributed by atoms with Gasteiger partial charge in [0.05, 0.1) is 17.3 Å². The number of ether oxygens (including phenoxy) is 1. The van der Waals surface area contributed by atoms with Crippen LogP contribution in [0.15, 0.2) is 48.2 Å². The molecule has 0 aromatic carbocycles. The second kappa shape index (κ2) is 8.22. The molecule has 7 nitrogen and oxygen atoms in total. The zero-order chi connectivity index (χ0) is 18.5. The number of esters is 1. The monoisotopic (exact) mass is 381 g/mol. The first-order valence-corrected chi connectivity index (χ1v) is 9.72. The Kier molecular flexibility index (Phi) is 5.34. The van der Waals surface area contributed by atoms with E-state index < -0.39 is 0 Å². The van der Waals surface area contributed by atoms with Crippen molar-refractivity contribution in [2.24, 2.45) is 5.92 Å². The predicted octanol–water partition coefficient (Wildman–Crippen LogP) is 2.95. The van der Waals surface area contributed by atoms with E-state index in [1.807, 2.05) is 28.5 Å². The number of anilines is 1. The average Bonchev–Trinajstić information content (AvgIpc) is 3.22. The fourth-order valence-corrected chi connectivity index (χ4v) is 3.83. The van der Waals surface area contributed by atoms with Crippen LogP contribution in [0, 0.1) is 5.92 Å². The topological polar surface area (TPSA) is 81.1 Å². The Bertz CT molecular complexity index is 887. The molecule has 1 aliphatic rings. The first-order chi connectivity index (χ1) is 13.3. The quantitative estimate of drug-likeness (QED) is 0.629. The molecule has 0 saturated carbocycles. The summed E-state index contributed by atoms with van der Waals surface area (Å²) in [5.41, 5.74) is 1.57. The molecule has 0 amide bonds. The highest BCUT2D eigenvalue weighted by Gasteiger charge is 2.28. The van der Waals surface area contributed by atoms with E-state index in [4.69, 9.17) is 4.74 Å². The maximum absolute atomic E-state index is 12.5. The lowest BCUT2D eigenvalue weighted by Gasteiger charge is -2.31. The number of piperidine rings is 1. The second-order valence-corrected chi connectivity index (χ2v) is 7.16. The van der Waals surface area contributed by atoms with Gasteiger partial charge in [0.2, 0.25) is 5.95 Å². The summed E-state index contributed by atoms with van der Waals surface area (Å²) in [7, 11) is 0. The van der Waals surface area contributed by atoms with Crippen LogP contribution in [0.1, 0.15) is 18.5 Å². The fraction of sp³-hybridized carbons (Fsp3) is 0.316. The van der Waals surface area contributed by atoms with Crippen molar-refractivity contribution in [1.29, 1.82) is 0 Å². The van der Waals surface area contributed by atoms with Crippen LogP contribution in [0.5, 0.6) is 0 Å². The molecule has 0 unspecified atom stereocenters. The van der Waals surface area contributed by atoms with Crippen molar-refractivity contribution in [3.8, 4) is 10.7 Å². The molecule has 1 fully saturated rings. The van der Waals surface area contributed by atoms with Gasteiger partial charge in [0.15, 0.2) is 0 Å². The Balaban J connectivity index is 1.33. The van der Waals surface area contributed by atoms with Crippen molar-refractivity contribution in [3.63, 3.8) is 0 Å². The van der Waals surface area contributed by atoms with Gasteiger partial charge in [-0.25, -0.2) is 15.0 Å². The zero-order valence-electron chi connectivity index (χ0n) is 14.7. The van der Waals surface area contributed by atoms with E-state index in [0.29, 0.717) is 12.5 Å². The van der Waals surface area contributed by atoms with Crippen LogP contribution in [-0.4, -0.2) is 39.0 Å². The number of pyridine rings is 1. The van der Waals surface area contributed by atoms with Crippen LogP contribution in [0.4, 0.5) is 5.95 Å². The molecule has 3 aromatic rings. The Morgan fingerprint density at radius 1 is 1.19 bits per heavy atom. The first-order valence-electron chi connectivity index (χ1n) is 8.84. The van der Waals surface area contributed by atoms with E-state index in [0.717, 1.165) is 35.8 Å². The molecule has 4 rings (SSSR count). The summed E-state index contributed by atoms with van der Waals surface area (Å²) >= 11 is 1.50. The van der Waals surface area contributed by atoms with Crippen LogP contribution >= 0.6 is 11.3 Å². The lowest BCUT2D eigenvalue weighted by Crippen LogP contribution is -2.40. The lowest BCUT2D eigenvalue weighted by molar-refractivity contribution is -0.150. The van der Waals surface area contributed by atoms with Gasteiger partial charge in [-0.05, 0) is 31.0 Å². The molecule has 1 aliphatic heterocycles. The van der Waals surface area contributed by atoms with Crippen LogP contribution in [0.25, 0.3) is 10.7 Å². The van der Waals surface area contributed by atoms with Crippen LogP contribution in [0.2, 0.25) is 0 Å². The van der Waals surface area contributed by atoms with E-state index >= 15 is 0 Å². The number of rotatable bonds is 5. The highest BCUT2D eigenvalue weighted by molar-refractivity contribution is 7.13. The van der Waals surface area contributed by atoms with Crippen molar-refractivity contribution < 1.29 is 9.53 Å². The molecule has 27 heavy (non-hydrogen) atoms. The summed E-state index contributed by atoms with van der Waals surface area (Å²) in [5, 5.41) is 2.73. The van der Waals surface area contributed by atoms with Gasteiger partial charge in [0.25, 0.3) is 0 Å². The Morgan fingerprint density at radius 3 is 2.85 bits per heavy atom. The second-order valence-electron chi connectivity index (χ2n) is 6.30. The summed E-state index contributed by atoms with van der Waals surface area (Å²) in [6.45, 7) is 1.62. The molecule has 8 heteroatoms. The molecular formula is C19H19N5O2S. The SMILES string of the molecule is O=C(OCc1csc(-c2ccccn2)n1)[C@H]1CCCN(c2ncccn2)C1. The summed E-state index contributed by atoms with van der Waals surface area (Å²) in [6, 6.07) is 7.49. The van der Waals surface area contributed by atoms with E-state index in [9.17, 15) is 4.79 Å². The van der Waals surface area contributed by atoms with E-state index in [-0.39, 0.29) is 18.5 Å². The summed E-state index contributed by atoms with van der Waals surface area (Å²) in [6.07, 6.45) is 6.90. The minimum atomic E-state index is -0.192. The van der Waals surface area contributed by atoms with Crippen molar-refractivity contribution in [2.75, 3.05) is 18.0 Å². The molecular weight excluding hydrogens is 362 g/mol. The molecule has 4 heterocycles. The third kappa shape index (κ3) is 4.28. The van der Waals surface area contributed by atoms with Gasteiger partial charge in [-0.2, -0.15) is 0 Å². The van der Waals surface area contributed by atoms with Crippen LogP contribution in [0.3, 0.4) is 0 Å². The number of hydrogen-bond acceptors (Lipinski definition) is 8. The molecule has 0 spiro atoms. The average molecular weight is 381 g/mol. The van der Waals surface area contributed by atoms with Gasteiger partial charge in [0, 0.05) is 37.1 Å². The lowest BCUT2D eigenvalue weighted by atomic mass is 9.98. The van der Waals surface area contributed by atoms with E-state index in [2.05, 4.69) is 19.9 Å². The number of carbonyl (C=O) groups excluding carboxylic acids is 1. The third-order valence-electron chi connectivity index (χ3n) is 4.39. The molecule has 0 aliphatic carbocycles. The van der Waals surface area contributed by atoms with Gasteiger partial charge in [-0.1, -0.05) is 6.07 Å². The smallest absolute Gasteiger partial charge is 0.311 e. The van der Waals surface area contributed by atoms with Gasteiger partial charge in [-0.3, -0.25) is 9.78 Å². The number of thiazole rings is 1. The van der Waals surface area contributed by atoms with E-state index in [1.54, 1.807) is 24.7 Å². The van der Waals surface area contributed by atoms with E-state index in [1.165, 1.54) is 11.3 Å². The van der Waals surface area contributed by atoms with Crippen molar-refractivity contribution >= 4 is 23.3 Å². The molecule has 1 atom stereocenters. The minimum Gasteiger partial charge on any atom is -0.459 e. The highest BCUT2D eigenvalue weighted by Crippen LogP contribution is 2.23. The number of carbonyl (C=O) groups is 1. The Morgan fingerprint density at radius 2 is 2.04 bits per heavy atom. The summed E-state index contributed by atoms with van der Waals surface area (Å²) < 4.78 is 5.52. The van der Waals surface area contributed by atoms with Gasteiger partial charge in [-0.15, -0.1) is 11.3 Å². The maximum Gasteiger partial charge on any atom is 0.311 e. The predicted molar refractivity (Wildman–Crippen MR) is 102 cm³/mol. The largest absolute Gasteiger partial charge is 0.459 e. The fourth-order valence-electron chi connectivity index (χ4n) is 3.05. The third-order valence-corrected chi connectivity index (χ3v) is 5.30. The minimum absolute atomic E-state index is 0.170. The summed E-state index contributed by atoms with van der Waals surface area (Å²) in [5.74, 6) is 0.300. The molecule has 0 radical (unpaired) electrons. The van der Waals surface area contributed by atoms with Crippen LogP contribution in [-0.2, 0) is 16.1 Å². The number of nitrogens with zero attached hydrogens (tertiary/aromatic N) is 5. The van der Waals surface area contributed by atoms with Crippen molar-refractivity contribution in [1.82, 2.24) is 19.9 Å². The molecule has 3 aromatic heterocycles. The number of aromatic nitrogens is 4. The Labute approximate surface area is 161 Å². The van der Waals surface area contributed by atoms with Gasteiger partial charge in [0.1, 0.15) is 11.6 Å². The number of hydrogen-bond donors (Lipinski definition) is 0. The Hall–Kier alpha value is -2.87. The standard InChI is InChI=1S/C19H19N5O2S/c25-18(14-5-3-10-24(11-14)19-21-8-4-9-22-19)26-12-15-13-27-17(23-15)16-6-1-2-7-20-16/h1-2,4,6-9,13-14H,3,5,10-12H2/t14-/m0/s1. The van der Waals surface area contributed by atoms with Crippen molar-refractivity contribution in [2.45, 2.75) is 19.4 Å². The molecule has 0 bridgehead atoms. The summed E-state index contributed by atoms with van der Waals surface area (Å²) in [4.78, 5) is 31.9. The van der Waals surface area contributed by atoms with Crippen LogP contribution < -0.4 is 4.90 Å².